The van der Waals surface area contributed by atoms with Crippen LogP contribution in [0, 0.1) is 11.7 Å². The van der Waals surface area contributed by atoms with Gasteiger partial charge in [-0.1, -0.05) is 26.0 Å². The lowest BCUT2D eigenvalue weighted by Gasteiger charge is -2.11. The number of rotatable bonds is 6. The first-order valence-electron chi connectivity index (χ1n) is 6.71. The molecule has 0 aliphatic carbocycles. The van der Waals surface area contributed by atoms with Gasteiger partial charge < -0.3 is 9.88 Å². The molecule has 108 valence electrons. The molecule has 0 unspecified atom stereocenters. The normalized spacial score (nSPS) is 11.2. The van der Waals surface area contributed by atoms with Gasteiger partial charge in [-0.2, -0.15) is 0 Å². The molecule has 0 amide bonds. The van der Waals surface area contributed by atoms with E-state index in [1.54, 1.807) is 12.3 Å². The van der Waals surface area contributed by atoms with Crippen LogP contribution in [0.15, 0.2) is 35.1 Å². The molecule has 1 aromatic carbocycles. The highest BCUT2D eigenvalue weighted by molar-refractivity contribution is 9.10. The molecule has 0 atom stereocenters. The van der Waals surface area contributed by atoms with E-state index in [0.29, 0.717) is 16.9 Å². The Kier molecular flexibility index (Phi) is 5.31. The van der Waals surface area contributed by atoms with Crippen LogP contribution >= 0.6 is 15.9 Å². The highest BCUT2D eigenvalue weighted by Gasteiger charge is 2.08. The highest BCUT2D eigenvalue weighted by Crippen LogP contribution is 2.21. The van der Waals surface area contributed by atoms with Crippen LogP contribution in [0.2, 0.25) is 0 Å². The molecule has 0 bridgehead atoms. The molecule has 20 heavy (non-hydrogen) atoms. The number of imidazole rings is 1. The van der Waals surface area contributed by atoms with Gasteiger partial charge in [0, 0.05) is 12.4 Å². The van der Waals surface area contributed by atoms with E-state index in [2.05, 4.69) is 40.1 Å². The number of halogens is 2. The predicted molar refractivity (Wildman–Crippen MR) is 82.0 cm³/mol. The first-order valence-corrected chi connectivity index (χ1v) is 7.51. The van der Waals surface area contributed by atoms with Crippen LogP contribution in [0.3, 0.4) is 0 Å². The van der Waals surface area contributed by atoms with Crippen LogP contribution in [0.5, 0.6) is 0 Å². The Morgan fingerprint density at radius 3 is 2.95 bits per heavy atom. The smallest absolute Gasteiger partial charge is 0.137 e. The Morgan fingerprint density at radius 1 is 1.40 bits per heavy atom. The van der Waals surface area contributed by atoms with E-state index in [9.17, 15) is 4.39 Å². The third-order valence-electron chi connectivity index (χ3n) is 3.01. The zero-order chi connectivity index (χ0) is 14.5. The van der Waals surface area contributed by atoms with Crippen molar-refractivity contribution in [3.05, 3.63) is 52.3 Å². The topological polar surface area (TPSA) is 29.9 Å². The average molecular weight is 340 g/mol. The number of benzene rings is 1. The van der Waals surface area contributed by atoms with Gasteiger partial charge in [-0.15, -0.1) is 0 Å². The minimum Gasteiger partial charge on any atom is -0.329 e. The maximum absolute atomic E-state index is 13.5. The van der Waals surface area contributed by atoms with E-state index in [0.717, 1.165) is 24.5 Å². The minimum absolute atomic E-state index is 0.234. The summed E-state index contributed by atoms with van der Waals surface area (Å²) in [4.78, 5) is 4.35. The van der Waals surface area contributed by atoms with E-state index in [1.165, 1.54) is 6.07 Å². The van der Waals surface area contributed by atoms with Crippen molar-refractivity contribution in [1.29, 1.82) is 0 Å². The maximum atomic E-state index is 13.5. The summed E-state index contributed by atoms with van der Waals surface area (Å²) < 4.78 is 16.1. The van der Waals surface area contributed by atoms with Gasteiger partial charge in [0.15, 0.2) is 0 Å². The number of hydrogen-bond acceptors (Lipinski definition) is 2. The van der Waals surface area contributed by atoms with Crippen LogP contribution in [-0.2, 0) is 13.1 Å². The van der Waals surface area contributed by atoms with Crippen LogP contribution < -0.4 is 5.32 Å². The molecule has 0 radical (unpaired) electrons. The summed E-state index contributed by atoms with van der Waals surface area (Å²) in [7, 11) is 0. The van der Waals surface area contributed by atoms with Gasteiger partial charge >= 0.3 is 0 Å². The molecule has 5 heteroatoms. The van der Waals surface area contributed by atoms with Gasteiger partial charge in [-0.3, -0.25) is 0 Å². The molecule has 0 saturated carbocycles. The predicted octanol–water partition coefficient (Wildman–Crippen LogP) is 3.58. The monoisotopic (exact) mass is 339 g/mol. The summed E-state index contributed by atoms with van der Waals surface area (Å²) in [6, 6.07) is 5.09. The summed E-state index contributed by atoms with van der Waals surface area (Å²) in [5.41, 5.74) is 0.910. The van der Waals surface area contributed by atoms with Crippen LogP contribution in [-0.4, -0.2) is 16.1 Å². The SMILES string of the molecule is CC(C)CNCc1nccn1Cc1cccc(F)c1Br. The third kappa shape index (κ3) is 3.90. The van der Waals surface area contributed by atoms with Gasteiger partial charge in [-0.25, -0.2) is 9.37 Å². The lowest BCUT2D eigenvalue weighted by molar-refractivity contribution is 0.532. The summed E-state index contributed by atoms with van der Waals surface area (Å²) in [5.74, 6) is 1.33. The van der Waals surface area contributed by atoms with Crippen molar-refractivity contribution in [3.63, 3.8) is 0 Å². The van der Waals surface area contributed by atoms with Gasteiger partial charge in [0.1, 0.15) is 11.6 Å². The minimum atomic E-state index is -0.234. The Labute approximate surface area is 127 Å². The zero-order valence-corrected chi connectivity index (χ0v) is 13.3. The van der Waals surface area contributed by atoms with Gasteiger partial charge in [0.2, 0.25) is 0 Å². The van der Waals surface area contributed by atoms with Crippen LogP contribution in [0.1, 0.15) is 25.2 Å². The van der Waals surface area contributed by atoms with Crippen molar-refractivity contribution < 1.29 is 4.39 Å². The summed E-state index contributed by atoms with van der Waals surface area (Å²) in [6.45, 7) is 6.62. The first kappa shape index (κ1) is 15.2. The Hall–Kier alpha value is -1.20. The fourth-order valence-electron chi connectivity index (χ4n) is 1.98. The van der Waals surface area contributed by atoms with Crippen LogP contribution in [0.4, 0.5) is 4.39 Å². The molecule has 2 aromatic rings. The van der Waals surface area contributed by atoms with E-state index in [4.69, 9.17) is 0 Å². The molecule has 0 aliphatic rings. The lowest BCUT2D eigenvalue weighted by atomic mass is 10.2. The molecule has 0 saturated heterocycles. The summed E-state index contributed by atoms with van der Waals surface area (Å²) in [5, 5.41) is 3.37. The van der Waals surface area contributed by atoms with Gasteiger partial charge in [0.05, 0.1) is 17.6 Å². The average Bonchev–Trinajstić information content (AvgIpc) is 2.82. The van der Waals surface area contributed by atoms with E-state index >= 15 is 0 Å². The van der Waals surface area contributed by atoms with Crippen molar-refractivity contribution in [2.24, 2.45) is 5.92 Å². The van der Waals surface area contributed by atoms with Gasteiger partial charge in [-0.05, 0) is 40.0 Å². The molecule has 1 N–H and O–H groups in total. The number of nitrogens with zero attached hydrogens (tertiary/aromatic N) is 2. The summed E-state index contributed by atoms with van der Waals surface area (Å²) in [6.07, 6.45) is 3.70. The van der Waals surface area contributed by atoms with E-state index < -0.39 is 0 Å². The molecule has 0 fully saturated rings. The number of hydrogen-bond donors (Lipinski definition) is 1. The fourth-order valence-corrected chi connectivity index (χ4v) is 2.37. The number of aromatic nitrogens is 2. The molecule has 2 rings (SSSR count). The zero-order valence-electron chi connectivity index (χ0n) is 11.7. The highest BCUT2D eigenvalue weighted by atomic mass is 79.9. The Morgan fingerprint density at radius 2 is 2.20 bits per heavy atom. The van der Waals surface area contributed by atoms with Crippen molar-refractivity contribution in [3.8, 4) is 0 Å². The first-order chi connectivity index (χ1) is 9.58. The molecular formula is C15H19BrFN3. The van der Waals surface area contributed by atoms with Crippen molar-refractivity contribution in [2.75, 3.05) is 6.54 Å². The quantitative estimate of drug-likeness (QED) is 0.871. The van der Waals surface area contributed by atoms with Crippen LogP contribution in [0.25, 0.3) is 0 Å². The molecule has 1 aromatic heterocycles. The standard InChI is InChI=1S/C15H19BrFN3/c1-11(2)8-18-9-14-19-6-7-20(14)10-12-4-3-5-13(17)15(12)16/h3-7,11,18H,8-10H2,1-2H3. The summed E-state index contributed by atoms with van der Waals surface area (Å²) >= 11 is 3.30. The third-order valence-corrected chi connectivity index (χ3v) is 3.90. The molecule has 0 spiro atoms. The molecular weight excluding hydrogens is 321 g/mol. The second-order valence-corrected chi connectivity index (χ2v) is 6.00. The molecule has 0 aliphatic heterocycles. The van der Waals surface area contributed by atoms with E-state index in [1.807, 2.05) is 16.8 Å². The molecule has 1 heterocycles. The fraction of sp³-hybridized carbons (Fsp3) is 0.400. The van der Waals surface area contributed by atoms with Crippen molar-refractivity contribution in [2.45, 2.75) is 26.9 Å². The second kappa shape index (κ2) is 6.99. The van der Waals surface area contributed by atoms with E-state index in [-0.39, 0.29) is 5.82 Å². The largest absolute Gasteiger partial charge is 0.329 e. The Balaban J connectivity index is 2.06. The maximum Gasteiger partial charge on any atom is 0.137 e. The molecule has 3 nitrogen and oxygen atoms in total. The van der Waals surface area contributed by atoms with Crippen molar-refractivity contribution in [1.82, 2.24) is 14.9 Å². The Bertz CT molecular complexity index is 566. The lowest BCUT2D eigenvalue weighted by Crippen LogP contribution is -2.21. The van der Waals surface area contributed by atoms with Gasteiger partial charge in [0.25, 0.3) is 0 Å². The second-order valence-electron chi connectivity index (χ2n) is 5.21. The number of nitrogens with one attached hydrogen (secondary N) is 1. The van der Waals surface area contributed by atoms with Crippen molar-refractivity contribution >= 4 is 15.9 Å².